The number of carbonyl (C=O) groups is 4. The van der Waals surface area contributed by atoms with Crippen molar-refractivity contribution in [1.29, 1.82) is 0 Å². The predicted octanol–water partition coefficient (Wildman–Crippen LogP) is 1.84. The lowest BCUT2D eigenvalue weighted by atomic mass is 9.52. The van der Waals surface area contributed by atoms with E-state index in [2.05, 4.69) is 0 Å². The molecule has 2 fully saturated rings. The summed E-state index contributed by atoms with van der Waals surface area (Å²) >= 11 is 0. The van der Waals surface area contributed by atoms with Crippen LogP contribution in [0.3, 0.4) is 0 Å². The number of ether oxygens (including phenoxy) is 4. The van der Waals surface area contributed by atoms with E-state index in [1.165, 1.54) is 27.7 Å². The van der Waals surface area contributed by atoms with Crippen molar-refractivity contribution in [2.45, 2.75) is 104 Å². The fraction of sp³-hybridized carbons (Fsp3) is 0.769. The van der Waals surface area contributed by atoms with Gasteiger partial charge in [0.05, 0.1) is 12.0 Å². The van der Waals surface area contributed by atoms with Crippen molar-refractivity contribution in [2.75, 3.05) is 0 Å². The Hall–Kier alpha value is -2.46. The normalized spacial score (nSPS) is 42.7. The average Bonchev–Trinajstić information content (AvgIpc) is 2.97. The van der Waals surface area contributed by atoms with Gasteiger partial charge in [-0.05, 0) is 38.7 Å². The van der Waals surface area contributed by atoms with Gasteiger partial charge in [0.2, 0.25) is 0 Å². The van der Waals surface area contributed by atoms with Crippen LogP contribution < -0.4 is 0 Å². The molecule has 10 nitrogen and oxygen atoms in total. The molecular formula is C26H38O10. The molecule has 1 saturated carbocycles. The topological polar surface area (TPSA) is 146 Å². The van der Waals surface area contributed by atoms with Gasteiger partial charge in [-0.15, -0.1) is 0 Å². The zero-order valence-corrected chi connectivity index (χ0v) is 22.0. The van der Waals surface area contributed by atoms with E-state index in [1.54, 1.807) is 26.8 Å². The zero-order valence-electron chi connectivity index (χ0n) is 22.0. The Balaban J connectivity index is 2.36. The summed E-state index contributed by atoms with van der Waals surface area (Å²) in [6, 6.07) is 0. The molecule has 0 aromatic carbocycles. The van der Waals surface area contributed by atoms with Crippen LogP contribution >= 0.6 is 0 Å². The molecule has 10 heteroatoms. The molecular weight excluding hydrogens is 472 g/mol. The predicted molar refractivity (Wildman–Crippen MR) is 125 cm³/mol. The van der Waals surface area contributed by atoms with Crippen molar-refractivity contribution in [3.05, 3.63) is 11.6 Å². The Labute approximate surface area is 211 Å². The number of esters is 4. The zero-order chi connectivity index (χ0) is 27.2. The molecule has 3 aliphatic rings. The first-order valence-electron chi connectivity index (χ1n) is 12.4. The van der Waals surface area contributed by atoms with Crippen molar-refractivity contribution in [3.8, 4) is 0 Å². The summed E-state index contributed by atoms with van der Waals surface area (Å²) in [6.07, 6.45) is -2.79. The molecule has 0 aromatic heterocycles. The second kappa shape index (κ2) is 10.1. The van der Waals surface area contributed by atoms with Crippen LogP contribution in [0.1, 0.15) is 67.7 Å². The molecule has 1 heterocycles. The molecule has 0 amide bonds. The van der Waals surface area contributed by atoms with Gasteiger partial charge in [-0.3, -0.25) is 19.2 Å². The van der Waals surface area contributed by atoms with Crippen molar-refractivity contribution >= 4 is 23.9 Å². The molecule has 0 radical (unpaired) electrons. The number of carbonyl (C=O) groups excluding carboxylic acids is 4. The fourth-order valence-corrected chi connectivity index (χ4v) is 6.47. The lowest BCUT2D eigenvalue weighted by Crippen LogP contribution is -2.68. The van der Waals surface area contributed by atoms with E-state index < -0.39 is 83.2 Å². The van der Waals surface area contributed by atoms with E-state index in [-0.39, 0.29) is 6.42 Å². The Bertz CT molecular complexity index is 943. The van der Waals surface area contributed by atoms with E-state index in [4.69, 9.17) is 18.9 Å². The summed E-state index contributed by atoms with van der Waals surface area (Å²) in [5, 5.41) is 23.3. The van der Waals surface area contributed by atoms with Crippen LogP contribution in [-0.2, 0) is 38.1 Å². The Morgan fingerprint density at radius 1 is 1.03 bits per heavy atom. The molecule has 2 aliphatic carbocycles. The third-order valence-electron chi connectivity index (χ3n) is 8.41. The minimum absolute atomic E-state index is 0.0555. The van der Waals surface area contributed by atoms with Gasteiger partial charge < -0.3 is 29.2 Å². The third-order valence-corrected chi connectivity index (χ3v) is 8.41. The highest BCUT2D eigenvalue weighted by Crippen LogP contribution is 2.56. The number of fused-ring (bicyclic) bond motifs is 2. The van der Waals surface area contributed by atoms with E-state index in [0.29, 0.717) is 12.8 Å². The molecule has 0 spiro atoms. The molecule has 0 bridgehead atoms. The minimum Gasteiger partial charge on any atom is -0.462 e. The molecule has 0 aromatic rings. The first-order valence-corrected chi connectivity index (χ1v) is 12.4. The SMILES string of the molecule is CC(=O)OC1CCC(C)=CC2OC(=O)C(C)C2(O)C(OC(C)=O)C2C(C)C(O)CC(OC(C)=O)C12C. The summed E-state index contributed by atoms with van der Waals surface area (Å²) in [7, 11) is 0. The number of hydrogen-bond acceptors (Lipinski definition) is 10. The number of aliphatic hydroxyl groups excluding tert-OH is 1. The van der Waals surface area contributed by atoms with Crippen LogP contribution in [0.25, 0.3) is 0 Å². The van der Waals surface area contributed by atoms with Crippen molar-refractivity contribution < 1.29 is 48.3 Å². The van der Waals surface area contributed by atoms with E-state index >= 15 is 0 Å². The van der Waals surface area contributed by atoms with Gasteiger partial charge in [0.15, 0.2) is 11.7 Å². The standard InChI is InChI=1S/C26H38O10/c1-12-8-9-19(33-15(4)27)25(7)20(34-16(5)28)11-18(30)13(2)22(25)23(35-17(6)29)26(32)14(3)24(31)36-21(26)10-12/h10,13-14,18-23,30,32H,8-9,11H2,1-7H3. The summed E-state index contributed by atoms with van der Waals surface area (Å²) in [4.78, 5) is 49.6. The van der Waals surface area contributed by atoms with E-state index in [9.17, 15) is 29.4 Å². The quantitative estimate of drug-likeness (QED) is 0.328. The van der Waals surface area contributed by atoms with Gasteiger partial charge in [0.1, 0.15) is 18.3 Å². The number of aliphatic hydroxyl groups is 2. The molecule has 3 rings (SSSR count). The van der Waals surface area contributed by atoms with Gasteiger partial charge in [0, 0.05) is 38.5 Å². The van der Waals surface area contributed by atoms with Gasteiger partial charge in [-0.25, -0.2) is 0 Å². The first kappa shape index (κ1) is 28.1. The molecule has 36 heavy (non-hydrogen) atoms. The molecule has 10 atom stereocenters. The lowest BCUT2D eigenvalue weighted by molar-refractivity contribution is -0.250. The lowest BCUT2D eigenvalue weighted by Gasteiger charge is -2.58. The van der Waals surface area contributed by atoms with E-state index in [0.717, 1.165) is 5.57 Å². The third kappa shape index (κ3) is 4.77. The van der Waals surface area contributed by atoms with E-state index in [1.807, 2.05) is 0 Å². The van der Waals surface area contributed by atoms with Crippen molar-refractivity contribution in [1.82, 2.24) is 0 Å². The van der Waals surface area contributed by atoms with Gasteiger partial charge in [0.25, 0.3) is 0 Å². The summed E-state index contributed by atoms with van der Waals surface area (Å²) in [5.41, 5.74) is -2.44. The molecule has 2 N–H and O–H groups in total. The molecule has 1 aliphatic heterocycles. The smallest absolute Gasteiger partial charge is 0.312 e. The average molecular weight is 511 g/mol. The molecule has 10 unspecified atom stereocenters. The van der Waals surface area contributed by atoms with Crippen LogP contribution in [-0.4, -0.2) is 70.2 Å². The minimum atomic E-state index is -2.00. The Morgan fingerprint density at radius 2 is 1.58 bits per heavy atom. The summed E-state index contributed by atoms with van der Waals surface area (Å²) in [5.74, 6) is -5.08. The Morgan fingerprint density at radius 3 is 2.14 bits per heavy atom. The highest BCUT2D eigenvalue weighted by molar-refractivity contribution is 5.77. The maximum Gasteiger partial charge on any atom is 0.312 e. The maximum atomic E-state index is 12.7. The fourth-order valence-electron chi connectivity index (χ4n) is 6.47. The first-order chi connectivity index (χ1) is 16.6. The van der Waals surface area contributed by atoms with Crippen LogP contribution in [0.2, 0.25) is 0 Å². The summed E-state index contributed by atoms with van der Waals surface area (Å²) in [6.45, 7) is 10.5. The number of rotatable bonds is 3. The van der Waals surface area contributed by atoms with Crippen molar-refractivity contribution in [2.24, 2.45) is 23.2 Å². The summed E-state index contributed by atoms with van der Waals surface area (Å²) < 4.78 is 22.9. The maximum absolute atomic E-state index is 12.7. The second-order valence-corrected chi connectivity index (χ2v) is 10.8. The number of hydrogen-bond donors (Lipinski definition) is 2. The van der Waals surface area contributed by atoms with Crippen LogP contribution in [0.5, 0.6) is 0 Å². The highest BCUT2D eigenvalue weighted by atomic mass is 16.6. The number of allylic oxidation sites excluding steroid dienone is 1. The monoisotopic (exact) mass is 510 g/mol. The molecule has 1 saturated heterocycles. The van der Waals surface area contributed by atoms with Crippen LogP contribution in [0.4, 0.5) is 0 Å². The van der Waals surface area contributed by atoms with Crippen molar-refractivity contribution in [3.63, 3.8) is 0 Å². The van der Waals surface area contributed by atoms with Crippen LogP contribution in [0, 0.1) is 23.2 Å². The van der Waals surface area contributed by atoms with Crippen LogP contribution in [0.15, 0.2) is 11.6 Å². The van der Waals surface area contributed by atoms with Gasteiger partial charge in [-0.1, -0.05) is 19.4 Å². The highest BCUT2D eigenvalue weighted by Gasteiger charge is 2.68. The largest absolute Gasteiger partial charge is 0.462 e. The molecule has 202 valence electrons. The Kier molecular flexibility index (Phi) is 7.91. The van der Waals surface area contributed by atoms with Gasteiger partial charge >= 0.3 is 23.9 Å². The van der Waals surface area contributed by atoms with Gasteiger partial charge in [-0.2, -0.15) is 0 Å². The second-order valence-electron chi connectivity index (χ2n) is 10.8.